The Hall–Kier alpha value is -3.71. The first kappa shape index (κ1) is 34.7. The van der Waals surface area contributed by atoms with Crippen LogP contribution >= 0.6 is 11.6 Å². The van der Waals surface area contributed by atoms with E-state index < -0.39 is 21.9 Å². The number of aromatic nitrogens is 1. The zero-order valence-electron chi connectivity index (χ0n) is 27.5. The van der Waals surface area contributed by atoms with E-state index in [9.17, 15) is 18.6 Å². The number of sulfonamides is 1. The number of hydrogen-bond acceptors (Lipinski definition) is 8. The number of aliphatic hydroxyl groups is 2. The van der Waals surface area contributed by atoms with Gasteiger partial charge >= 0.3 is 0 Å². The molecule has 2 aliphatic heterocycles. The van der Waals surface area contributed by atoms with Crippen LogP contribution in [0, 0.1) is 0 Å². The van der Waals surface area contributed by atoms with Gasteiger partial charge in [-0.2, -0.15) is 0 Å². The monoisotopic (exact) mass is 713 g/mol. The molecule has 7 rings (SSSR count). The highest BCUT2D eigenvalue weighted by atomic mass is 35.5. The van der Waals surface area contributed by atoms with Gasteiger partial charge in [-0.05, 0) is 59.4 Å². The molecule has 2 saturated heterocycles. The maximum atomic E-state index is 13.2. The molecule has 1 aromatic heterocycles. The molecule has 3 N–H and O–H groups in total. The van der Waals surface area contributed by atoms with Gasteiger partial charge in [-0.25, -0.2) is 13.1 Å². The van der Waals surface area contributed by atoms with Crippen molar-refractivity contribution < 1.29 is 28.1 Å². The van der Waals surface area contributed by atoms with Crippen LogP contribution in [0.5, 0.6) is 0 Å². The van der Waals surface area contributed by atoms with Gasteiger partial charge in [0.15, 0.2) is 6.29 Å². The Morgan fingerprint density at radius 1 is 0.860 bits per heavy atom. The summed E-state index contributed by atoms with van der Waals surface area (Å²) in [6.07, 6.45) is 2.44. The maximum absolute atomic E-state index is 13.2. The van der Waals surface area contributed by atoms with Crippen LogP contribution in [0.1, 0.15) is 59.5 Å². The zero-order chi connectivity index (χ0) is 34.7. The van der Waals surface area contributed by atoms with Crippen molar-refractivity contribution in [3.05, 3.63) is 142 Å². The number of para-hydroxylation sites is 1. The minimum atomic E-state index is -3.81. The summed E-state index contributed by atoms with van der Waals surface area (Å²) in [5, 5.41) is 22.4. The van der Waals surface area contributed by atoms with Crippen LogP contribution < -0.4 is 4.72 Å². The normalized spacial score (nSPS) is 21.3. The molecule has 0 bridgehead atoms. The lowest BCUT2D eigenvalue weighted by Gasteiger charge is -2.42. The molecule has 1 unspecified atom stereocenters. The second kappa shape index (κ2) is 14.9. The minimum Gasteiger partial charge on any atom is -0.392 e. The topological polar surface area (TPSA) is 121 Å². The van der Waals surface area contributed by atoms with Gasteiger partial charge in [0.05, 0.1) is 29.9 Å². The number of hydrogen-bond donors (Lipinski definition) is 3. The molecule has 0 aliphatic carbocycles. The molecule has 50 heavy (non-hydrogen) atoms. The second-order valence-electron chi connectivity index (χ2n) is 13.1. The van der Waals surface area contributed by atoms with Crippen molar-refractivity contribution in [2.75, 3.05) is 19.6 Å². The average molecular weight is 714 g/mol. The van der Waals surface area contributed by atoms with Crippen molar-refractivity contribution in [1.82, 2.24) is 14.6 Å². The van der Waals surface area contributed by atoms with E-state index in [1.807, 2.05) is 84.9 Å². The summed E-state index contributed by atoms with van der Waals surface area (Å²) in [4.78, 5) is 6.77. The summed E-state index contributed by atoms with van der Waals surface area (Å²) in [7, 11) is -3.81. The maximum Gasteiger partial charge on any atom is 0.243 e. The average Bonchev–Trinajstić information content (AvgIpc) is 3.15. The lowest BCUT2D eigenvalue weighted by Crippen LogP contribution is -2.46. The van der Waals surface area contributed by atoms with Crippen molar-refractivity contribution in [3.63, 3.8) is 0 Å². The molecule has 11 heteroatoms. The van der Waals surface area contributed by atoms with Gasteiger partial charge in [0, 0.05) is 54.8 Å². The van der Waals surface area contributed by atoms with E-state index in [2.05, 4.69) is 14.6 Å². The zero-order valence-corrected chi connectivity index (χ0v) is 29.1. The smallest absolute Gasteiger partial charge is 0.243 e. The first-order chi connectivity index (χ1) is 24.2. The van der Waals surface area contributed by atoms with E-state index in [1.54, 1.807) is 24.4 Å². The van der Waals surface area contributed by atoms with Crippen LogP contribution in [0.3, 0.4) is 0 Å². The fraction of sp³-hybridized carbons (Fsp3) is 0.308. The minimum absolute atomic E-state index is 0.0289. The number of nitrogens with one attached hydrogen (secondary N) is 1. The standard InChI is InChI=1S/C39H40ClN3O6S/c40-33-16-14-32(15-17-33)39(45)18-21-43(22-19-39)25-34-23-35(29-10-8-28(26-44)9-11-29)49-38(48-34)31-12-6-27(7-13-31)24-42-50(46,47)36-5-1-3-30-4-2-20-41-37(30)36/h1-17,20,34-35,38,42,44-45H,18-19,21-26H2/t34-,35+,38?/m0/s1. The Bertz CT molecular complexity index is 2010. The third-order valence-corrected chi connectivity index (χ3v) is 11.4. The summed E-state index contributed by atoms with van der Waals surface area (Å²) in [5.41, 5.74) is 3.88. The number of aliphatic hydroxyl groups excluding tert-OH is 1. The predicted octanol–water partition coefficient (Wildman–Crippen LogP) is 6.39. The lowest BCUT2D eigenvalue weighted by molar-refractivity contribution is -0.253. The predicted molar refractivity (Wildman–Crippen MR) is 192 cm³/mol. The van der Waals surface area contributed by atoms with Crippen molar-refractivity contribution in [1.29, 1.82) is 0 Å². The Kier molecular flexibility index (Phi) is 10.3. The Balaban J connectivity index is 1.04. The van der Waals surface area contributed by atoms with E-state index in [4.69, 9.17) is 21.1 Å². The van der Waals surface area contributed by atoms with Crippen molar-refractivity contribution >= 4 is 32.5 Å². The first-order valence-electron chi connectivity index (χ1n) is 16.8. The van der Waals surface area contributed by atoms with Crippen LogP contribution in [0.25, 0.3) is 10.9 Å². The van der Waals surface area contributed by atoms with Crippen LogP contribution in [0.2, 0.25) is 5.02 Å². The van der Waals surface area contributed by atoms with Crippen molar-refractivity contribution in [2.24, 2.45) is 0 Å². The number of rotatable bonds is 10. The molecule has 2 fully saturated rings. The summed E-state index contributed by atoms with van der Waals surface area (Å²) in [6, 6.07) is 31.5. The van der Waals surface area contributed by atoms with Gasteiger partial charge in [-0.15, -0.1) is 0 Å². The number of ether oxygens (including phenoxy) is 2. The van der Waals surface area contributed by atoms with E-state index in [1.165, 1.54) is 0 Å². The Labute approximate surface area is 297 Å². The summed E-state index contributed by atoms with van der Waals surface area (Å²) < 4.78 is 42.3. The number of piperidine rings is 1. The number of fused-ring (bicyclic) bond motifs is 1. The molecule has 3 atom stereocenters. The molecule has 0 spiro atoms. The number of nitrogens with zero attached hydrogens (tertiary/aromatic N) is 2. The summed E-state index contributed by atoms with van der Waals surface area (Å²) >= 11 is 6.08. The van der Waals surface area contributed by atoms with Gasteiger partial charge in [0.25, 0.3) is 0 Å². The molecular formula is C39H40ClN3O6S. The molecular weight excluding hydrogens is 674 g/mol. The Morgan fingerprint density at radius 2 is 1.54 bits per heavy atom. The van der Waals surface area contributed by atoms with E-state index in [0.717, 1.165) is 46.3 Å². The molecule has 0 amide bonds. The van der Waals surface area contributed by atoms with Gasteiger partial charge in [0.2, 0.25) is 10.0 Å². The molecule has 0 saturated carbocycles. The van der Waals surface area contributed by atoms with E-state index in [-0.39, 0.29) is 30.3 Å². The van der Waals surface area contributed by atoms with Gasteiger partial charge in [0.1, 0.15) is 4.90 Å². The molecule has 5 aromatic rings. The first-order valence-corrected chi connectivity index (χ1v) is 18.7. The molecule has 2 aliphatic rings. The van der Waals surface area contributed by atoms with E-state index >= 15 is 0 Å². The van der Waals surface area contributed by atoms with Crippen molar-refractivity contribution in [3.8, 4) is 0 Å². The SMILES string of the molecule is O=S(=O)(NCc1ccc(C2O[C@H](CN3CCC(O)(c4ccc(Cl)cc4)CC3)C[C@H](c3ccc(CO)cc3)O2)cc1)c1cccc2cccnc12. The fourth-order valence-electron chi connectivity index (χ4n) is 6.82. The highest BCUT2D eigenvalue weighted by Crippen LogP contribution is 2.39. The van der Waals surface area contributed by atoms with Gasteiger partial charge < -0.3 is 24.6 Å². The highest BCUT2D eigenvalue weighted by Gasteiger charge is 2.37. The number of halogens is 1. The third kappa shape index (κ3) is 7.78. The largest absolute Gasteiger partial charge is 0.392 e. The summed E-state index contributed by atoms with van der Waals surface area (Å²) in [6.45, 7) is 2.21. The lowest BCUT2D eigenvalue weighted by atomic mass is 9.84. The van der Waals surface area contributed by atoms with Crippen LogP contribution in [0.15, 0.2) is 114 Å². The molecule has 260 valence electrons. The fourth-order valence-corrected chi connectivity index (χ4v) is 8.14. The van der Waals surface area contributed by atoms with Crippen LogP contribution in [-0.4, -0.2) is 54.3 Å². The number of benzene rings is 4. The molecule has 3 heterocycles. The molecule has 4 aromatic carbocycles. The summed E-state index contributed by atoms with van der Waals surface area (Å²) in [5.74, 6) is 0. The number of pyridine rings is 1. The number of likely N-dealkylation sites (tertiary alicyclic amines) is 1. The van der Waals surface area contributed by atoms with E-state index in [0.29, 0.717) is 36.3 Å². The molecule has 9 nitrogen and oxygen atoms in total. The second-order valence-corrected chi connectivity index (χ2v) is 15.3. The van der Waals surface area contributed by atoms with Gasteiger partial charge in [-0.3, -0.25) is 4.98 Å². The van der Waals surface area contributed by atoms with Gasteiger partial charge in [-0.1, -0.05) is 90.5 Å². The highest BCUT2D eigenvalue weighted by molar-refractivity contribution is 7.89. The van der Waals surface area contributed by atoms with Crippen LogP contribution in [0.4, 0.5) is 0 Å². The van der Waals surface area contributed by atoms with Crippen molar-refractivity contribution in [2.45, 2.75) is 61.4 Å². The molecule has 0 radical (unpaired) electrons. The quantitative estimate of drug-likeness (QED) is 0.152. The Morgan fingerprint density at radius 3 is 2.26 bits per heavy atom. The van der Waals surface area contributed by atoms with Crippen LogP contribution in [-0.2, 0) is 38.2 Å². The third-order valence-electron chi connectivity index (χ3n) is 9.74.